The summed E-state index contributed by atoms with van der Waals surface area (Å²) in [4.78, 5) is 23.3. The highest BCUT2D eigenvalue weighted by atomic mass is 16.5. The van der Waals surface area contributed by atoms with Gasteiger partial charge in [-0.15, -0.1) is 0 Å². The quantitative estimate of drug-likeness (QED) is 0.768. The summed E-state index contributed by atoms with van der Waals surface area (Å²) in [7, 11) is 0. The summed E-state index contributed by atoms with van der Waals surface area (Å²) in [6, 6.07) is 8.49. The molecular weight excluding hydrogens is 258 g/mol. The van der Waals surface area contributed by atoms with Crippen LogP contribution in [-0.4, -0.2) is 29.1 Å². The van der Waals surface area contributed by atoms with Gasteiger partial charge in [0.1, 0.15) is 18.8 Å². The molecule has 20 heavy (non-hydrogen) atoms. The number of nitrogens with one attached hydrogen (secondary N) is 1. The maximum atomic E-state index is 11.7. The van der Waals surface area contributed by atoms with Gasteiger partial charge in [-0.05, 0) is 18.4 Å². The molecule has 110 valence electrons. The fraction of sp³-hybridized carbons (Fsp3) is 0.467. The zero-order valence-electron chi connectivity index (χ0n) is 12.0. The van der Waals surface area contributed by atoms with Crippen LogP contribution in [0.5, 0.6) is 0 Å². The Labute approximate surface area is 118 Å². The number of carbonyl (C=O) groups excluding carboxylic acids is 2. The fourth-order valence-corrected chi connectivity index (χ4v) is 1.51. The predicted molar refractivity (Wildman–Crippen MR) is 74.7 cm³/mol. The molecule has 0 saturated carbocycles. The second-order valence-corrected chi connectivity index (χ2v) is 5.01. The molecule has 0 bridgehead atoms. The topological polar surface area (TPSA) is 75.6 Å². The van der Waals surface area contributed by atoms with Gasteiger partial charge in [0.05, 0.1) is 0 Å². The summed E-state index contributed by atoms with van der Waals surface area (Å²) < 4.78 is 5.10. The molecule has 5 nitrogen and oxygen atoms in total. The van der Waals surface area contributed by atoms with E-state index in [2.05, 4.69) is 5.32 Å². The van der Waals surface area contributed by atoms with Crippen molar-refractivity contribution in [3.8, 4) is 0 Å². The molecular formula is C15H21NO4. The van der Waals surface area contributed by atoms with Crippen LogP contribution < -0.4 is 5.32 Å². The van der Waals surface area contributed by atoms with Crippen LogP contribution in [0, 0.1) is 5.92 Å². The van der Waals surface area contributed by atoms with Gasteiger partial charge in [-0.3, -0.25) is 4.79 Å². The Balaban J connectivity index is 2.41. The van der Waals surface area contributed by atoms with Crippen molar-refractivity contribution >= 4 is 11.9 Å². The summed E-state index contributed by atoms with van der Waals surface area (Å²) in [5.74, 6) is -1.30. The van der Waals surface area contributed by atoms with Crippen LogP contribution in [0.25, 0.3) is 0 Å². The Morgan fingerprint density at radius 1 is 1.20 bits per heavy atom. The first kappa shape index (κ1) is 16.2. The molecule has 1 unspecified atom stereocenters. The largest absolute Gasteiger partial charge is 0.459 e. The lowest BCUT2D eigenvalue weighted by molar-refractivity contribution is -0.149. The summed E-state index contributed by atoms with van der Waals surface area (Å²) in [6.45, 7) is 5.14. The Morgan fingerprint density at radius 3 is 2.35 bits per heavy atom. The van der Waals surface area contributed by atoms with E-state index in [0.29, 0.717) is 0 Å². The molecule has 1 rings (SSSR count). The van der Waals surface area contributed by atoms with Crippen LogP contribution in [0.15, 0.2) is 30.3 Å². The molecule has 0 aliphatic rings. The first-order valence-corrected chi connectivity index (χ1v) is 6.60. The van der Waals surface area contributed by atoms with Crippen molar-refractivity contribution in [1.82, 2.24) is 5.32 Å². The van der Waals surface area contributed by atoms with Crippen LogP contribution >= 0.6 is 0 Å². The van der Waals surface area contributed by atoms with Crippen LogP contribution in [0.1, 0.15) is 26.3 Å². The van der Waals surface area contributed by atoms with E-state index in [1.54, 1.807) is 13.8 Å². The van der Waals surface area contributed by atoms with E-state index in [4.69, 9.17) is 4.74 Å². The zero-order valence-corrected chi connectivity index (χ0v) is 12.0. The number of hydrogen-bond donors (Lipinski definition) is 2. The Bertz CT molecular complexity index is 444. The minimum Gasteiger partial charge on any atom is -0.459 e. The van der Waals surface area contributed by atoms with E-state index in [9.17, 15) is 14.7 Å². The van der Waals surface area contributed by atoms with Crippen molar-refractivity contribution in [3.63, 3.8) is 0 Å². The van der Waals surface area contributed by atoms with Crippen LogP contribution in [0.2, 0.25) is 0 Å². The van der Waals surface area contributed by atoms with Gasteiger partial charge in [-0.25, -0.2) is 4.79 Å². The molecule has 0 saturated heterocycles. The second kappa shape index (κ2) is 7.65. The molecule has 0 aromatic heterocycles. The summed E-state index contributed by atoms with van der Waals surface area (Å²) in [6.07, 6.45) is -1.13. The molecule has 0 fully saturated rings. The number of aliphatic hydroxyl groups is 1. The number of carbonyl (C=O) groups is 2. The highest BCUT2D eigenvalue weighted by Gasteiger charge is 2.23. The normalized spacial score (nSPS) is 13.7. The average molecular weight is 279 g/mol. The standard InChI is InChI=1S/C15H21NO4/c1-10(2)13(17)14(18)16-11(3)15(19)20-9-12-7-5-4-6-8-12/h4-8,10-11,13,17H,9H2,1-3H3,(H,16,18)/t11-,13?/m0/s1. The van der Waals surface area contributed by atoms with Gasteiger partial charge in [0.15, 0.2) is 0 Å². The van der Waals surface area contributed by atoms with Crippen molar-refractivity contribution in [3.05, 3.63) is 35.9 Å². The van der Waals surface area contributed by atoms with E-state index in [-0.39, 0.29) is 12.5 Å². The van der Waals surface area contributed by atoms with Crippen molar-refractivity contribution in [2.45, 2.75) is 39.5 Å². The number of benzene rings is 1. The summed E-state index contributed by atoms with van der Waals surface area (Å²) >= 11 is 0. The molecule has 1 aromatic carbocycles. The van der Waals surface area contributed by atoms with E-state index in [0.717, 1.165) is 5.56 Å². The second-order valence-electron chi connectivity index (χ2n) is 5.01. The van der Waals surface area contributed by atoms with Crippen molar-refractivity contribution in [2.24, 2.45) is 5.92 Å². The molecule has 0 aliphatic heterocycles. The minimum atomic E-state index is -1.13. The predicted octanol–water partition coefficient (Wildman–Crippen LogP) is 1.25. The Hall–Kier alpha value is -1.88. The molecule has 2 atom stereocenters. The third-order valence-electron chi connectivity index (χ3n) is 2.84. The number of amides is 1. The smallest absolute Gasteiger partial charge is 0.328 e. The van der Waals surface area contributed by atoms with E-state index in [1.807, 2.05) is 30.3 Å². The number of hydrogen-bond acceptors (Lipinski definition) is 4. The van der Waals surface area contributed by atoms with Crippen LogP contribution in [0.3, 0.4) is 0 Å². The first-order chi connectivity index (χ1) is 9.41. The van der Waals surface area contributed by atoms with Crippen LogP contribution in [-0.2, 0) is 20.9 Å². The molecule has 0 spiro atoms. The van der Waals surface area contributed by atoms with E-state index in [1.165, 1.54) is 6.92 Å². The van der Waals surface area contributed by atoms with Crippen molar-refractivity contribution < 1.29 is 19.4 Å². The Morgan fingerprint density at radius 2 is 1.80 bits per heavy atom. The SMILES string of the molecule is CC(C)C(O)C(=O)N[C@@H](C)C(=O)OCc1ccccc1. The molecule has 0 aliphatic carbocycles. The van der Waals surface area contributed by atoms with Gasteiger partial charge in [0.25, 0.3) is 0 Å². The van der Waals surface area contributed by atoms with Gasteiger partial charge in [-0.2, -0.15) is 0 Å². The lowest BCUT2D eigenvalue weighted by Gasteiger charge is -2.18. The van der Waals surface area contributed by atoms with E-state index >= 15 is 0 Å². The van der Waals surface area contributed by atoms with Gasteiger partial charge in [0, 0.05) is 0 Å². The molecule has 0 radical (unpaired) electrons. The molecule has 1 aromatic rings. The van der Waals surface area contributed by atoms with Gasteiger partial charge < -0.3 is 15.2 Å². The average Bonchev–Trinajstić information content (AvgIpc) is 2.44. The van der Waals surface area contributed by atoms with Crippen molar-refractivity contribution in [1.29, 1.82) is 0 Å². The van der Waals surface area contributed by atoms with E-state index < -0.39 is 24.0 Å². The summed E-state index contributed by atoms with van der Waals surface area (Å²) in [5, 5.41) is 12.0. The van der Waals surface area contributed by atoms with Gasteiger partial charge >= 0.3 is 5.97 Å². The molecule has 5 heteroatoms. The number of rotatable bonds is 6. The highest BCUT2D eigenvalue weighted by Crippen LogP contribution is 2.04. The molecule has 1 amide bonds. The number of esters is 1. The molecule has 0 heterocycles. The first-order valence-electron chi connectivity index (χ1n) is 6.60. The lowest BCUT2D eigenvalue weighted by atomic mass is 10.1. The van der Waals surface area contributed by atoms with Gasteiger partial charge in [0.2, 0.25) is 5.91 Å². The number of ether oxygens (including phenoxy) is 1. The van der Waals surface area contributed by atoms with Gasteiger partial charge in [-0.1, -0.05) is 44.2 Å². The highest BCUT2D eigenvalue weighted by molar-refractivity contribution is 5.86. The fourth-order valence-electron chi connectivity index (χ4n) is 1.51. The Kier molecular flexibility index (Phi) is 6.18. The third kappa shape index (κ3) is 5.01. The molecule has 2 N–H and O–H groups in total. The van der Waals surface area contributed by atoms with Crippen molar-refractivity contribution in [2.75, 3.05) is 0 Å². The number of aliphatic hydroxyl groups excluding tert-OH is 1. The lowest BCUT2D eigenvalue weighted by Crippen LogP contribution is -2.46. The third-order valence-corrected chi connectivity index (χ3v) is 2.84. The summed E-state index contributed by atoms with van der Waals surface area (Å²) in [5.41, 5.74) is 0.876. The maximum Gasteiger partial charge on any atom is 0.328 e. The monoisotopic (exact) mass is 279 g/mol. The van der Waals surface area contributed by atoms with Crippen LogP contribution in [0.4, 0.5) is 0 Å². The zero-order chi connectivity index (χ0) is 15.1. The minimum absolute atomic E-state index is 0.159. The maximum absolute atomic E-state index is 11.7.